The van der Waals surface area contributed by atoms with Gasteiger partial charge >= 0.3 is 0 Å². The van der Waals surface area contributed by atoms with E-state index < -0.39 is 0 Å². The van der Waals surface area contributed by atoms with Gasteiger partial charge in [-0.15, -0.1) is 0 Å². The van der Waals surface area contributed by atoms with E-state index in [0.29, 0.717) is 6.61 Å². The van der Waals surface area contributed by atoms with Crippen LogP contribution in [-0.2, 0) is 16.1 Å². The highest BCUT2D eigenvalue weighted by atomic mass is 16.5. The van der Waals surface area contributed by atoms with Crippen molar-refractivity contribution in [3.05, 3.63) is 35.9 Å². The highest BCUT2D eigenvalue weighted by molar-refractivity contribution is 5.13. The summed E-state index contributed by atoms with van der Waals surface area (Å²) in [5.41, 5.74) is 1.39. The molecule has 1 atom stereocenters. The second-order valence-electron chi connectivity index (χ2n) is 5.41. The van der Waals surface area contributed by atoms with Crippen molar-refractivity contribution in [1.29, 1.82) is 0 Å². The molecule has 2 rings (SSSR count). The topological polar surface area (TPSA) is 30.5 Å². The van der Waals surface area contributed by atoms with Gasteiger partial charge < -0.3 is 14.8 Å². The van der Waals surface area contributed by atoms with Gasteiger partial charge in [-0.25, -0.2) is 0 Å². The molecule has 3 heteroatoms. The number of benzene rings is 1. The number of hydrogen-bond acceptors (Lipinski definition) is 3. The van der Waals surface area contributed by atoms with E-state index in [4.69, 9.17) is 9.47 Å². The van der Waals surface area contributed by atoms with Crippen LogP contribution in [0.5, 0.6) is 0 Å². The van der Waals surface area contributed by atoms with Crippen LogP contribution >= 0.6 is 0 Å². The van der Waals surface area contributed by atoms with Gasteiger partial charge in [-0.3, -0.25) is 0 Å². The quantitative estimate of drug-likeness (QED) is 0.820. The Morgan fingerprint density at radius 2 is 2.16 bits per heavy atom. The van der Waals surface area contributed by atoms with Crippen LogP contribution in [0.25, 0.3) is 0 Å². The summed E-state index contributed by atoms with van der Waals surface area (Å²) in [5, 5.41) is 3.45. The first-order valence-corrected chi connectivity index (χ1v) is 7.25. The minimum absolute atomic E-state index is 0.156. The Morgan fingerprint density at radius 3 is 2.84 bits per heavy atom. The highest BCUT2D eigenvalue weighted by Gasteiger charge is 2.32. The second kappa shape index (κ2) is 7.63. The van der Waals surface area contributed by atoms with E-state index in [9.17, 15) is 0 Å². The van der Waals surface area contributed by atoms with Crippen LogP contribution in [0.1, 0.15) is 25.3 Å². The Labute approximate surface area is 116 Å². The Morgan fingerprint density at radius 1 is 1.32 bits per heavy atom. The summed E-state index contributed by atoms with van der Waals surface area (Å²) in [6.45, 7) is 7.30. The van der Waals surface area contributed by atoms with E-state index in [1.807, 2.05) is 6.07 Å². The standard InChI is InChI=1S/C16H25NO2/c1-2-17-12-16(9-6-10-18-13-16)14-19-11-15-7-4-3-5-8-15/h3-5,7-8,17H,2,6,9-14H2,1H3. The van der Waals surface area contributed by atoms with Gasteiger partial charge in [0, 0.05) is 18.6 Å². The molecule has 0 aliphatic carbocycles. The van der Waals surface area contributed by atoms with Crippen LogP contribution in [0, 0.1) is 5.41 Å². The van der Waals surface area contributed by atoms with Gasteiger partial charge in [0.25, 0.3) is 0 Å². The van der Waals surface area contributed by atoms with Crippen LogP contribution < -0.4 is 5.32 Å². The maximum Gasteiger partial charge on any atom is 0.0717 e. The molecule has 3 nitrogen and oxygen atoms in total. The summed E-state index contributed by atoms with van der Waals surface area (Å²) in [5.74, 6) is 0. The number of rotatable bonds is 7. The number of hydrogen-bond donors (Lipinski definition) is 1. The lowest BCUT2D eigenvalue weighted by atomic mass is 9.83. The van der Waals surface area contributed by atoms with Crippen molar-refractivity contribution >= 4 is 0 Å². The van der Waals surface area contributed by atoms with Crippen LogP contribution in [-0.4, -0.2) is 32.9 Å². The molecule has 1 saturated heterocycles. The van der Waals surface area contributed by atoms with Gasteiger partial charge in [0.2, 0.25) is 0 Å². The molecule has 1 unspecified atom stereocenters. The molecule has 1 heterocycles. The van der Waals surface area contributed by atoms with Crippen LogP contribution in [0.2, 0.25) is 0 Å². The van der Waals surface area contributed by atoms with Gasteiger partial charge in [-0.2, -0.15) is 0 Å². The molecule has 1 aromatic carbocycles. The summed E-state index contributed by atoms with van der Waals surface area (Å²) < 4.78 is 11.6. The van der Waals surface area contributed by atoms with E-state index in [1.54, 1.807) is 0 Å². The van der Waals surface area contributed by atoms with E-state index in [0.717, 1.165) is 39.3 Å². The first-order chi connectivity index (χ1) is 9.35. The SMILES string of the molecule is CCNCC1(COCc2ccccc2)CCCOC1. The number of ether oxygens (including phenoxy) is 2. The van der Waals surface area contributed by atoms with Crippen molar-refractivity contribution in [2.24, 2.45) is 5.41 Å². The minimum atomic E-state index is 0.156. The lowest BCUT2D eigenvalue weighted by Crippen LogP contribution is -2.44. The molecule has 19 heavy (non-hydrogen) atoms. The van der Waals surface area contributed by atoms with Crippen molar-refractivity contribution < 1.29 is 9.47 Å². The summed E-state index contributed by atoms with van der Waals surface area (Å²) in [6.07, 6.45) is 2.33. The summed E-state index contributed by atoms with van der Waals surface area (Å²) in [4.78, 5) is 0. The predicted octanol–water partition coefficient (Wildman–Crippen LogP) is 2.61. The Bertz CT molecular complexity index is 347. The average molecular weight is 263 g/mol. The van der Waals surface area contributed by atoms with Crippen LogP contribution in [0.3, 0.4) is 0 Å². The first kappa shape index (κ1) is 14.5. The average Bonchev–Trinajstić information content (AvgIpc) is 2.47. The maximum absolute atomic E-state index is 5.94. The van der Waals surface area contributed by atoms with Crippen molar-refractivity contribution in [2.45, 2.75) is 26.4 Å². The molecular formula is C16H25NO2. The maximum atomic E-state index is 5.94. The zero-order valence-electron chi connectivity index (χ0n) is 11.9. The van der Waals surface area contributed by atoms with Crippen LogP contribution in [0.4, 0.5) is 0 Å². The van der Waals surface area contributed by atoms with Gasteiger partial charge in [0.15, 0.2) is 0 Å². The lowest BCUT2D eigenvalue weighted by Gasteiger charge is -2.37. The fraction of sp³-hybridized carbons (Fsp3) is 0.625. The number of nitrogens with one attached hydrogen (secondary N) is 1. The molecule has 1 aliphatic rings. The molecule has 0 spiro atoms. The molecule has 1 aliphatic heterocycles. The van der Waals surface area contributed by atoms with Crippen molar-refractivity contribution in [3.63, 3.8) is 0 Å². The Kier molecular flexibility index (Phi) is 5.83. The molecule has 0 amide bonds. The summed E-state index contributed by atoms with van der Waals surface area (Å²) in [7, 11) is 0. The van der Waals surface area contributed by atoms with E-state index >= 15 is 0 Å². The molecular weight excluding hydrogens is 238 g/mol. The first-order valence-electron chi connectivity index (χ1n) is 7.25. The van der Waals surface area contributed by atoms with Gasteiger partial charge in [-0.1, -0.05) is 37.3 Å². The zero-order valence-corrected chi connectivity index (χ0v) is 11.9. The monoisotopic (exact) mass is 263 g/mol. The molecule has 1 aromatic rings. The summed E-state index contributed by atoms with van der Waals surface area (Å²) >= 11 is 0. The Balaban J connectivity index is 1.82. The fourth-order valence-electron chi connectivity index (χ4n) is 2.56. The van der Waals surface area contributed by atoms with Crippen molar-refractivity contribution in [2.75, 3.05) is 32.9 Å². The van der Waals surface area contributed by atoms with E-state index in [2.05, 4.69) is 36.5 Å². The van der Waals surface area contributed by atoms with E-state index in [1.165, 1.54) is 12.0 Å². The molecule has 0 radical (unpaired) electrons. The molecule has 0 aromatic heterocycles. The zero-order chi connectivity index (χ0) is 13.4. The third kappa shape index (κ3) is 4.60. The normalized spacial score (nSPS) is 23.4. The molecule has 0 bridgehead atoms. The van der Waals surface area contributed by atoms with E-state index in [-0.39, 0.29) is 5.41 Å². The Hall–Kier alpha value is -0.900. The molecule has 1 N–H and O–H groups in total. The van der Waals surface area contributed by atoms with Crippen molar-refractivity contribution in [3.8, 4) is 0 Å². The second-order valence-corrected chi connectivity index (χ2v) is 5.41. The molecule has 106 valence electrons. The largest absolute Gasteiger partial charge is 0.381 e. The third-order valence-electron chi connectivity index (χ3n) is 3.67. The fourth-order valence-corrected chi connectivity index (χ4v) is 2.56. The lowest BCUT2D eigenvalue weighted by molar-refractivity contribution is -0.0616. The minimum Gasteiger partial charge on any atom is -0.381 e. The van der Waals surface area contributed by atoms with Crippen molar-refractivity contribution in [1.82, 2.24) is 5.32 Å². The third-order valence-corrected chi connectivity index (χ3v) is 3.67. The smallest absolute Gasteiger partial charge is 0.0717 e. The van der Waals surface area contributed by atoms with Gasteiger partial charge in [0.05, 0.1) is 19.8 Å². The molecule has 1 fully saturated rings. The highest BCUT2D eigenvalue weighted by Crippen LogP contribution is 2.28. The van der Waals surface area contributed by atoms with Gasteiger partial charge in [0.1, 0.15) is 0 Å². The van der Waals surface area contributed by atoms with Gasteiger partial charge in [-0.05, 0) is 24.9 Å². The predicted molar refractivity (Wildman–Crippen MR) is 77.1 cm³/mol. The van der Waals surface area contributed by atoms with Crippen LogP contribution in [0.15, 0.2) is 30.3 Å². The molecule has 0 saturated carbocycles. The summed E-state index contributed by atoms with van der Waals surface area (Å²) in [6, 6.07) is 10.3.